The molecule has 1 atom stereocenters. The number of hydrogen-bond donors (Lipinski definition) is 1. The predicted molar refractivity (Wildman–Crippen MR) is 130 cm³/mol. The van der Waals surface area contributed by atoms with Crippen LogP contribution in [0, 0.1) is 12.3 Å². The highest BCUT2D eigenvalue weighted by Gasteiger charge is 2.35. The Hall–Kier alpha value is -2.86. The van der Waals surface area contributed by atoms with Crippen LogP contribution in [0.3, 0.4) is 0 Å². The first kappa shape index (κ1) is 24.8. The highest BCUT2D eigenvalue weighted by molar-refractivity contribution is 5.82. The van der Waals surface area contributed by atoms with Gasteiger partial charge in [-0.25, -0.2) is 4.79 Å². The number of carbonyl (C=O) groups is 2. The minimum Gasteiger partial charge on any atom is -0.445 e. The SMILES string of the molecule is Cc1ccc(CN(C(=O)OCc2ccccc2)C2CCN(C(=O)[C@@H](N)C(C)(C)C)CC2)cc1. The maximum atomic E-state index is 13.1. The third kappa shape index (κ3) is 6.81. The van der Waals surface area contributed by atoms with Crippen LogP contribution in [-0.2, 0) is 22.7 Å². The summed E-state index contributed by atoms with van der Waals surface area (Å²) in [6.45, 7) is 9.88. The molecule has 0 saturated carbocycles. The molecule has 1 saturated heterocycles. The molecule has 2 amide bonds. The Kier molecular flexibility index (Phi) is 8.14. The molecule has 33 heavy (non-hydrogen) atoms. The Morgan fingerprint density at radius 3 is 2.21 bits per heavy atom. The fourth-order valence-electron chi connectivity index (χ4n) is 4.00. The monoisotopic (exact) mass is 451 g/mol. The number of piperidine rings is 1. The molecule has 178 valence electrons. The van der Waals surface area contributed by atoms with Gasteiger partial charge in [0.2, 0.25) is 5.91 Å². The number of nitrogens with zero attached hydrogens (tertiary/aromatic N) is 2. The van der Waals surface area contributed by atoms with Crippen molar-refractivity contribution in [3.8, 4) is 0 Å². The first-order chi connectivity index (χ1) is 15.6. The zero-order chi connectivity index (χ0) is 24.0. The molecule has 3 rings (SSSR count). The van der Waals surface area contributed by atoms with Gasteiger partial charge in [-0.05, 0) is 36.3 Å². The number of ether oxygens (including phenoxy) is 1. The van der Waals surface area contributed by atoms with Crippen molar-refractivity contribution in [3.63, 3.8) is 0 Å². The molecular weight excluding hydrogens is 414 g/mol. The molecule has 0 spiro atoms. The summed E-state index contributed by atoms with van der Waals surface area (Å²) in [5, 5.41) is 0. The van der Waals surface area contributed by atoms with Crippen LogP contribution >= 0.6 is 0 Å². The summed E-state index contributed by atoms with van der Waals surface area (Å²) in [5.41, 5.74) is 9.11. The van der Waals surface area contributed by atoms with E-state index < -0.39 is 6.04 Å². The maximum Gasteiger partial charge on any atom is 0.410 e. The van der Waals surface area contributed by atoms with E-state index in [-0.39, 0.29) is 30.1 Å². The third-order valence-electron chi connectivity index (χ3n) is 6.33. The van der Waals surface area contributed by atoms with Gasteiger partial charge in [0.1, 0.15) is 6.61 Å². The third-order valence-corrected chi connectivity index (χ3v) is 6.33. The topological polar surface area (TPSA) is 75.9 Å². The Bertz CT molecular complexity index is 914. The standard InChI is InChI=1S/C27H37N3O3/c1-20-10-12-21(13-11-20)18-30(26(32)33-19-22-8-6-5-7-9-22)23-14-16-29(17-15-23)25(31)24(28)27(2,3)4/h5-13,23-24H,14-19,28H2,1-4H3/t24-/m1/s1. The lowest BCUT2D eigenvalue weighted by molar-refractivity contribution is -0.136. The molecule has 6 nitrogen and oxygen atoms in total. The van der Waals surface area contributed by atoms with E-state index in [0.29, 0.717) is 32.5 Å². The number of nitrogens with two attached hydrogens (primary N) is 1. The normalized spacial score (nSPS) is 15.7. The number of likely N-dealkylation sites (tertiary alicyclic amines) is 1. The Morgan fingerprint density at radius 1 is 1.03 bits per heavy atom. The lowest BCUT2D eigenvalue weighted by Crippen LogP contribution is -2.54. The highest BCUT2D eigenvalue weighted by atomic mass is 16.6. The van der Waals surface area contributed by atoms with E-state index in [4.69, 9.17) is 10.5 Å². The number of amides is 2. The Labute approximate surface area is 197 Å². The van der Waals surface area contributed by atoms with Gasteiger partial charge in [0, 0.05) is 25.7 Å². The molecule has 6 heteroatoms. The number of benzene rings is 2. The average Bonchev–Trinajstić information content (AvgIpc) is 2.81. The zero-order valence-corrected chi connectivity index (χ0v) is 20.3. The summed E-state index contributed by atoms with van der Waals surface area (Å²) in [6, 6.07) is 17.4. The van der Waals surface area contributed by atoms with Crippen molar-refractivity contribution < 1.29 is 14.3 Å². The minimum absolute atomic E-state index is 0.00416. The van der Waals surface area contributed by atoms with E-state index in [1.54, 1.807) is 0 Å². The molecule has 0 aromatic heterocycles. The van der Waals surface area contributed by atoms with Gasteiger partial charge in [0.05, 0.1) is 6.04 Å². The van der Waals surface area contributed by atoms with E-state index in [0.717, 1.165) is 11.1 Å². The molecule has 1 fully saturated rings. The second kappa shape index (κ2) is 10.8. The second-order valence-corrected chi connectivity index (χ2v) is 10.1. The first-order valence-electron chi connectivity index (χ1n) is 11.7. The quantitative estimate of drug-likeness (QED) is 0.702. The van der Waals surface area contributed by atoms with Crippen molar-refractivity contribution in [1.29, 1.82) is 0 Å². The fourth-order valence-corrected chi connectivity index (χ4v) is 4.00. The summed E-state index contributed by atoms with van der Waals surface area (Å²) in [6.07, 6.45) is 1.08. The Morgan fingerprint density at radius 2 is 1.64 bits per heavy atom. The summed E-state index contributed by atoms with van der Waals surface area (Å²) >= 11 is 0. The van der Waals surface area contributed by atoms with Crippen molar-refractivity contribution in [2.75, 3.05) is 13.1 Å². The summed E-state index contributed by atoms with van der Waals surface area (Å²) in [5.74, 6) is -0.0160. The highest BCUT2D eigenvalue weighted by Crippen LogP contribution is 2.24. The largest absolute Gasteiger partial charge is 0.445 e. The zero-order valence-electron chi connectivity index (χ0n) is 20.3. The lowest BCUT2D eigenvalue weighted by Gasteiger charge is -2.40. The van der Waals surface area contributed by atoms with E-state index in [2.05, 4.69) is 12.1 Å². The van der Waals surface area contributed by atoms with Crippen molar-refractivity contribution >= 4 is 12.0 Å². The number of carbonyl (C=O) groups excluding carboxylic acids is 2. The first-order valence-corrected chi connectivity index (χ1v) is 11.7. The van der Waals surface area contributed by atoms with Gasteiger partial charge in [-0.2, -0.15) is 0 Å². The molecule has 1 aliphatic rings. The minimum atomic E-state index is -0.534. The van der Waals surface area contributed by atoms with Crippen LogP contribution in [0.15, 0.2) is 54.6 Å². The number of hydrogen-bond acceptors (Lipinski definition) is 4. The molecule has 1 heterocycles. The van der Waals surface area contributed by atoms with Gasteiger partial charge < -0.3 is 20.3 Å². The lowest BCUT2D eigenvalue weighted by atomic mass is 9.86. The summed E-state index contributed by atoms with van der Waals surface area (Å²) < 4.78 is 5.68. The van der Waals surface area contributed by atoms with Gasteiger partial charge in [-0.1, -0.05) is 80.9 Å². The van der Waals surface area contributed by atoms with E-state index in [1.807, 2.05) is 80.0 Å². The molecule has 0 unspecified atom stereocenters. The van der Waals surface area contributed by atoms with Crippen LogP contribution < -0.4 is 5.73 Å². The van der Waals surface area contributed by atoms with E-state index >= 15 is 0 Å². The molecule has 1 aliphatic heterocycles. The number of rotatable bonds is 6. The van der Waals surface area contributed by atoms with Crippen LogP contribution in [-0.4, -0.2) is 47.0 Å². The van der Waals surface area contributed by atoms with Gasteiger partial charge >= 0.3 is 6.09 Å². The molecule has 0 bridgehead atoms. The predicted octanol–water partition coefficient (Wildman–Crippen LogP) is 4.50. The van der Waals surface area contributed by atoms with Gasteiger partial charge in [-0.3, -0.25) is 4.79 Å². The maximum absolute atomic E-state index is 13.1. The van der Waals surface area contributed by atoms with E-state index in [9.17, 15) is 9.59 Å². The van der Waals surface area contributed by atoms with Gasteiger partial charge in [0.15, 0.2) is 0 Å². The van der Waals surface area contributed by atoms with E-state index in [1.165, 1.54) is 5.56 Å². The molecule has 0 aliphatic carbocycles. The molecule has 2 N–H and O–H groups in total. The number of aryl methyl sites for hydroxylation is 1. The van der Waals surface area contributed by atoms with Crippen LogP contribution in [0.5, 0.6) is 0 Å². The van der Waals surface area contributed by atoms with Crippen LogP contribution in [0.1, 0.15) is 50.3 Å². The van der Waals surface area contributed by atoms with Crippen LogP contribution in [0.2, 0.25) is 0 Å². The Balaban J connectivity index is 1.68. The smallest absolute Gasteiger partial charge is 0.410 e. The summed E-state index contributed by atoms with van der Waals surface area (Å²) in [4.78, 5) is 29.6. The van der Waals surface area contributed by atoms with Crippen molar-refractivity contribution in [2.45, 2.75) is 65.8 Å². The molecular formula is C27H37N3O3. The van der Waals surface area contributed by atoms with Gasteiger partial charge in [0.25, 0.3) is 0 Å². The van der Waals surface area contributed by atoms with Crippen molar-refractivity contribution in [1.82, 2.24) is 9.80 Å². The van der Waals surface area contributed by atoms with Crippen molar-refractivity contribution in [3.05, 3.63) is 71.3 Å². The van der Waals surface area contributed by atoms with Crippen molar-refractivity contribution in [2.24, 2.45) is 11.1 Å². The second-order valence-electron chi connectivity index (χ2n) is 10.1. The fraction of sp³-hybridized carbons (Fsp3) is 0.481. The van der Waals surface area contributed by atoms with Crippen LogP contribution in [0.4, 0.5) is 4.79 Å². The summed E-state index contributed by atoms with van der Waals surface area (Å²) in [7, 11) is 0. The average molecular weight is 452 g/mol. The molecule has 2 aromatic carbocycles. The van der Waals surface area contributed by atoms with Gasteiger partial charge in [-0.15, -0.1) is 0 Å². The molecule has 2 aromatic rings. The molecule has 0 radical (unpaired) electrons. The van der Waals surface area contributed by atoms with Crippen LogP contribution in [0.25, 0.3) is 0 Å².